The van der Waals surface area contributed by atoms with Crippen molar-refractivity contribution in [2.24, 2.45) is 0 Å². The summed E-state index contributed by atoms with van der Waals surface area (Å²) in [6.45, 7) is 8.39. The van der Waals surface area contributed by atoms with Crippen molar-refractivity contribution in [1.82, 2.24) is 9.88 Å². The molecule has 152 valence electrons. The second-order valence-corrected chi connectivity index (χ2v) is 7.53. The maximum Gasteiger partial charge on any atom is 0.141 e. The summed E-state index contributed by atoms with van der Waals surface area (Å²) in [5.41, 5.74) is 3.58. The van der Waals surface area contributed by atoms with Crippen LogP contribution in [0, 0.1) is 5.82 Å². The van der Waals surface area contributed by atoms with Gasteiger partial charge in [0.1, 0.15) is 11.6 Å². The van der Waals surface area contributed by atoms with Crippen LogP contribution in [0.2, 0.25) is 5.02 Å². The summed E-state index contributed by atoms with van der Waals surface area (Å²) in [6.07, 6.45) is 2.67. The van der Waals surface area contributed by atoms with E-state index < -0.39 is 5.82 Å². The normalized spacial score (nSPS) is 11.2. The van der Waals surface area contributed by atoms with Crippen LogP contribution in [0.25, 0.3) is 10.9 Å². The van der Waals surface area contributed by atoms with Gasteiger partial charge in [-0.3, -0.25) is 4.98 Å². The number of aromatic nitrogens is 1. The van der Waals surface area contributed by atoms with Gasteiger partial charge in [-0.1, -0.05) is 30.7 Å². The molecule has 0 unspecified atom stereocenters. The van der Waals surface area contributed by atoms with Crippen LogP contribution in [0.15, 0.2) is 60.8 Å². The third kappa shape index (κ3) is 5.05. The molecular formula is C23H25ClFN3O. The smallest absolute Gasteiger partial charge is 0.141 e. The molecule has 4 nitrogen and oxygen atoms in total. The number of nitrogens with zero attached hydrogens (tertiary/aromatic N) is 3. The summed E-state index contributed by atoms with van der Waals surface area (Å²) in [6, 6.07) is 11.7. The summed E-state index contributed by atoms with van der Waals surface area (Å²) in [5.74, 6) is -0.288. The van der Waals surface area contributed by atoms with E-state index in [-0.39, 0.29) is 10.8 Å². The number of pyridine rings is 1. The zero-order valence-electron chi connectivity index (χ0n) is 16.7. The van der Waals surface area contributed by atoms with Crippen molar-refractivity contribution in [3.05, 3.63) is 71.7 Å². The lowest BCUT2D eigenvalue weighted by molar-refractivity contribution is 0.369. The lowest BCUT2D eigenvalue weighted by Gasteiger charge is -2.29. The Bertz CT molecular complexity index is 1020. The number of likely N-dealkylation sites (N-methyl/N-ethyl adjacent to an activating group) is 1. The molecule has 3 rings (SSSR count). The van der Waals surface area contributed by atoms with E-state index in [4.69, 9.17) is 11.6 Å². The Morgan fingerprint density at radius 3 is 2.69 bits per heavy atom. The van der Waals surface area contributed by atoms with Crippen LogP contribution in [0.3, 0.4) is 0 Å². The molecule has 29 heavy (non-hydrogen) atoms. The number of benzene rings is 2. The zero-order valence-corrected chi connectivity index (χ0v) is 17.5. The van der Waals surface area contributed by atoms with Gasteiger partial charge in [0.05, 0.1) is 16.2 Å². The molecule has 0 fully saturated rings. The third-order valence-electron chi connectivity index (χ3n) is 4.91. The number of anilines is 2. The number of hydrogen-bond acceptors (Lipinski definition) is 4. The van der Waals surface area contributed by atoms with Crippen molar-refractivity contribution in [1.29, 1.82) is 0 Å². The van der Waals surface area contributed by atoms with Gasteiger partial charge in [0.25, 0.3) is 0 Å². The van der Waals surface area contributed by atoms with E-state index >= 15 is 0 Å². The fourth-order valence-electron chi connectivity index (χ4n) is 3.24. The highest BCUT2D eigenvalue weighted by molar-refractivity contribution is 6.31. The van der Waals surface area contributed by atoms with E-state index in [9.17, 15) is 9.50 Å². The van der Waals surface area contributed by atoms with Gasteiger partial charge in [0.2, 0.25) is 0 Å². The molecule has 0 aliphatic heterocycles. The molecule has 0 aliphatic carbocycles. The molecular weight excluding hydrogens is 389 g/mol. The maximum atomic E-state index is 13.8. The summed E-state index contributed by atoms with van der Waals surface area (Å²) < 4.78 is 13.8. The fraction of sp³-hybridized carbons (Fsp3) is 0.261. The highest BCUT2D eigenvalue weighted by atomic mass is 35.5. The van der Waals surface area contributed by atoms with Crippen LogP contribution in [-0.4, -0.2) is 41.7 Å². The van der Waals surface area contributed by atoms with E-state index in [1.165, 1.54) is 11.6 Å². The summed E-state index contributed by atoms with van der Waals surface area (Å²) in [7, 11) is 2.05. The number of phenolic OH excluding ortho intramolecular Hbond substituents is 1. The Hall–Kier alpha value is -2.63. The Morgan fingerprint density at radius 1 is 1.17 bits per heavy atom. The van der Waals surface area contributed by atoms with Gasteiger partial charge >= 0.3 is 0 Å². The minimum absolute atomic E-state index is 0.0708. The van der Waals surface area contributed by atoms with Crippen LogP contribution in [0.1, 0.15) is 13.3 Å². The van der Waals surface area contributed by atoms with Crippen molar-refractivity contribution in [2.45, 2.75) is 13.3 Å². The second-order valence-electron chi connectivity index (χ2n) is 7.12. The lowest BCUT2D eigenvalue weighted by Crippen LogP contribution is -2.31. The Labute approximate surface area is 175 Å². The van der Waals surface area contributed by atoms with Crippen molar-refractivity contribution in [3.63, 3.8) is 0 Å². The highest BCUT2D eigenvalue weighted by Crippen LogP contribution is 2.34. The first kappa shape index (κ1) is 21.1. The molecule has 1 heterocycles. The molecule has 0 saturated carbocycles. The number of aromatic hydroxyl groups is 1. The zero-order chi connectivity index (χ0) is 21.0. The van der Waals surface area contributed by atoms with Crippen molar-refractivity contribution in [2.75, 3.05) is 31.6 Å². The molecule has 0 bridgehead atoms. The minimum Gasteiger partial charge on any atom is -0.508 e. The summed E-state index contributed by atoms with van der Waals surface area (Å²) in [4.78, 5) is 8.66. The SMILES string of the molecule is C=C(CC)CN(C)CCN(c1ccc(F)c(Cl)c1)c1ccnc2ccc(O)cc12. The van der Waals surface area contributed by atoms with Gasteiger partial charge in [-0.2, -0.15) is 0 Å². The molecule has 0 saturated heterocycles. The quantitative estimate of drug-likeness (QED) is 0.476. The number of fused-ring (bicyclic) bond motifs is 1. The molecule has 2 aromatic carbocycles. The molecule has 6 heteroatoms. The predicted molar refractivity (Wildman–Crippen MR) is 119 cm³/mol. The van der Waals surface area contributed by atoms with Gasteiger partial charge in [-0.25, -0.2) is 4.39 Å². The lowest BCUT2D eigenvalue weighted by atomic mass is 10.1. The van der Waals surface area contributed by atoms with Gasteiger partial charge in [-0.05, 0) is 55.9 Å². The molecule has 1 aromatic heterocycles. The molecule has 0 radical (unpaired) electrons. The number of phenols is 1. The van der Waals surface area contributed by atoms with Crippen molar-refractivity contribution in [3.8, 4) is 5.75 Å². The van der Waals surface area contributed by atoms with Gasteiger partial charge in [0.15, 0.2) is 0 Å². The molecule has 0 spiro atoms. The van der Waals surface area contributed by atoms with E-state index in [0.717, 1.165) is 41.8 Å². The van der Waals surface area contributed by atoms with Gasteiger partial charge in [-0.15, -0.1) is 0 Å². The Morgan fingerprint density at radius 2 is 1.97 bits per heavy atom. The van der Waals surface area contributed by atoms with Gasteiger partial charge in [0, 0.05) is 36.9 Å². The van der Waals surface area contributed by atoms with Crippen molar-refractivity contribution < 1.29 is 9.50 Å². The molecule has 1 N–H and O–H groups in total. The number of hydrogen-bond donors (Lipinski definition) is 1. The van der Waals surface area contributed by atoms with Crippen LogP contribution < -0.4 is 4.90 Å². The standard InChI is InChI=1S/C23H25ClFN3O/c1-4-16(2)15-27(3)11-12-28(17-5-7-21(25)20(24)13-17)23-9-10-26-22-8-6-18(29)14-19(22)23/h5-10,13-14,29H,2,4,11-12,15H2,1,3H3. The molecule has 0 amide bonds. The highest BCUT2D eigenvalue weighted by Gasteiger charge is 2.16. The fourth-order valence-corrected chi connectivity index (χ4v) is 3.41. The monoisotopic (exact) mass is 413 g/mol. The second kappa shape index (κ2) is 9.25. The summed E-state index contributed by atoms with van der Waals surface area (Å²) in [5, 5.41) is 10.9. The Kier molecular flexibility index (Phi) is 6.72. The van der Waals surface area contributed by atoms with E-state index in [0.29, 0.717) is 6.54 Å². The topological polar surface area (TPSA) is 39.6 Å². The van der Waals surface area contributed by atoms with Crippen LogP contribution >= 0.6 is 11.6 Å². The average Bonchev–Trinajstić information content (AvgIpc) is 2.70. The van der Waals surface area contributed by atoms with Gasteiger partial charge < -0.3 is 14.9 Å². The first-order chi connectivity index (χ1) is 13.9. The number of halogens is 2. The Balaban J connectivity index is 2.00. The third-order valence-corrected chi connectivity index (χ3v) is 5.20. The van der Waals surface area contributed by atoms with Crippen LogP contribution in [0.4, 0.5) is 15.8 Å². The van der Waals surface area contributed by atoms with Crippen LogP contribution in [-0.2, 0) is 0 Å². The average molecular weight is 414 g/mol. The molecule has 0 atom stereocenters. The predicted octanol–water partition coefficient (Wildman–Crippen LogP) is 5.77. The minimum atomic E-state index is -0.455. The largest absolute Gasteiger partial charge is 0.508 e. The molecule has 0 aliphatic rings. The summed E-state index contributed by atoms with van der Waals surface area (Å²) >= 11 is 6.06. The first-order valence-electron chi connectivity index (χ1n) is 9.54. The van der Waals surface area contributed by atoms with E-state index in [1.54, 1.807) is 36.5 Å². The maximum absolute atomic E-state index is 13.8. The number of rotatable bonds is 8. The van der Waals surface area contributed by atoms with Crippen LogP contribution in [0.5, 0.6) is 5.75 Å². The first-order valence-corrected chi connectivity index (χ1v) is 9.92. The van der Waals surface area contributed by atoms with E-state index in [1.807, 2.05) is 13.1 Å². The van der Waals surface area contributed by atoms with Crippen molar-refractivity contribution >= 4 is 33.9 Å². The van der Waals surface area contributed by atoms with E-state index in [2.05, 4.69) is 28.3 Å². The molecule has 3 aromatic rings.